The Hall–Kier alpha value is -3.53. The number of hydrogen-bond acceptors (Lipinski definition) is 6. The van der Waals surface area contributed by atoms with Gasteiger partial charge in [0.15, 0.2) is 0 Å². The minimum Gasteiger partial charge on any atom is -0.370 e. The molecule has 9 heteroatoms. The number of likely N-dealkylation sites (N-methyl/N-ethyl adjacent to an activating group) is 3. The van der Waals surface area contributed by atoms with Crippen molar-refractivity contribution in [3.05, 3.63) is 82.6 Å². The fourth-order valence-electron chi connectivity index (χ4n) is 5.12. The molecule has 0 radical (unpaired) electrons. The first kappa shape index (κ1) is 30.4. The van der Waals surface area contributed by atoms with Gasteiger partial charge < -0.3 is 25.2 Å². The number of rotatable bonds is 13. The Morgan fingerprint density at radius 3 is 2.32 bits per heavy atom. The third-order valence-corrected chi connectivity index (χ3v) is 8.58. The van der Waals surface area contributed by atoms with Crippen LogP contribution in [-0.2, 0) is 32.0 Å². The molecule has 0 saturated carbocycles. The summed E-state index contributed by atoms with van der Waals surface area (Å²) < 4.78 is 5.74. The maximum atomic E-state index is 14.1. The first-order valence-corrected chi connectivity index (χ1v) is 15.0. The fourth-order valence-corrected chi connectivity index (χ4v) is 5.86. The molecule has 2 heterocycles. The zero-order chi connectivity index (χ0) is 29.2. The standard InChI is InChI=1S/C32H40N4O4S/c1-33-31(38)28(20-27-12-8-18-41-27)36(3)32(39)29(35(2)30(37)22-40-21-26-11-7-17-34-26)19-23-13-15-25(16-14-23)24-9-5-4-6-10-24/h4-6,8-10,12-16,18,26,28-29,34H,7,11,17,19-22H2,1-3H3,(H,33,38)/t26?,28-,29-/m1/s1. The molecule has 1 aliphatic rings. The Labute approximate surface area is 246 Å². The summed E-state index contributed by atoms with van der Waals surface area (Å²) in [7, 11) is 4.85. The van der Waals surface area contributed by atoms with Gasteiger partial charge >= 0.3 is 0 Å². The van der Waals surface area contributed by atoms with Crippen molar-refractivity contribution >= 4 is 29.1 Å². The van der Waals surface area contributed by atoms with E-state index >= 15 is 0 Å². The first-order chi connectivity index (χ1) is 19.9. The normalized spacial score (nSPS) is 16.1. The number of carbonyl (C=O) groups is 3. The molecule has 2 aromatic carbocycles. The van der Waals surface area contributed by atoms with Gasteiger partial charge in [-0.05, 0) is 47.5 Å². The van der Waals surface area contributed by atoms with Crippen LogP contribution in [0, 0.1) is 0 Å². The number of benzene rings is 2. The molecule has 0 bridgehead atoms. The predicted octanol–water partition coefficient (Wildman–Crippen LogP) is 3.37. The van der Waals surface area contributed by atoms with Gasteiger partial charge in [-0.2, -0.15) is 0 Å². The Kier molecular flexibility index (Phi) is 11.1. The largest absolute Gasteiger partial charge is 0.370 e. The third-order valence-electron chi connectivity index (χ3n) is 7.68. The van der Waals surface area contributed by atoms with E-state index in [2.05, 4.69) is 22.8 Å². The van der Waals surface area contributed by atoms with E-state index in [0.29, 0.717) is 19.4 Å². The number of amides is 3. The van der Waals surface area contributed by atoms with Crippen molar-refractivity contribution in [3.63, 3.8) is 0 Å². The molecule has 3 atom stereocenters. The van der Waals surface area contributed by atoms with Crippen molar-refractivity contribution in [2.24, 2.45) is 0 Å². The summed E-state index contributed by atoms with van der Waals surface area (Å²) in [5, 5.41) is 8.01. The van der Waals surface area contributed by atoms with Crippen LogP contribution in [0.2, 0.25) is 0 Å². The summed E-state index contributed by atoms with van der Waals surface area (Å²) >= 11 is 1.55. The molecular formula is C32H40N4O4S. The van der Waals surface area contributed by atoms with Crippen LogP contribution >= 0.6 is 11.3 Å². The Morgan fingerprint density at radius 1 is 0.951 bits per heavy atom. The summed E-state index contributed by atoms with van der Waals surface area (Å²) in [6, 6.07) is 20.7. The average molecular weight is 577 g/mol. The van der Waals surface area contributed by atoms with Crippen molar-refractivity contribution in [3.8, 4) is 11.1 Å². The van der Waals surface area contributed by atoms with E-state index in [4.69, 9.17) is 4.74 Å². The highest BCUT2D eigenvalue weighted by Crippen LogP contribution is 2.22. The van der Waals surface area contributed by atoms with Gasteiger partial charge in [-0.25, -0.2) is 0 Å². The molecule has 3 aromatic rings. The van der Waals surface area contributed by atoms with Gasteiger partial charge in [-0.3, -0.25) is 14.4 Å². The summed E-state index contributed by atoms with van der Waals surface area (Å²) in [6.07, 6.45) is 2.84. The van der Waals surface area contributed by atoms with E-state index in [0.717, 1.165) is 41.0 Å². The number of thiophene rings is 1. The molecule has 1 fully saturated rings. The van der Waals surface area contributed by atoms with E-state index < -0.39 is 12.1 Å². The van der Waals surface area contributed by atoms with Gasteiger partial charge in [0.25, 0.3) is 0 Å². The van der Waals surface area contributed by atoms with E-state index in [1.165, 1.54) is 9.80 Å². The van der Waals surface area contributed by atoms with Crippen LogP contribution in [-0.4, -0.2) is 86.5 Å². The smallest absolute Gasteiger partial charge is 0.249 e. The molecular weight excluding hydrogens is 536 g/mol. The van der Waals surface area contributed by atoms with E-state index in [1.54, 1.807) is 32.5 Å². The van der Waals surface area contributed by atoms with Crippen molar-refractivity contribution in [1.82, 2.24) is 20.4 Å². The van der Waals surface area contributed by atoms with Gasteiger partial charge in [0.2, 0.25) is 17.7 Å². The van der Waals surface area contributed by atoms with Crippen molar-refractivity contribution < 1.29 is 19.1 Å². The molecule has 3 amide bonds. The van der Waals surface area contributed by atoms with Gasteiger partial charge in [0.05, 0.1) is 6.61 Å². The lowest BCUT2D eigenvalue weighted by atomic mass is 9.99. The van der Waals surface area contributed by atoms with Crippen LogP contribution < -0.4 is 10.6 Å². The molecule has 1 aromatic heterocycles. The molecule has 1 saturated heterocycles. The van der Waals surface area contributed by atoms with E-state index in [1.807, 2.05) is 60.0 Å². The monoisotopic (exact) mass is 576 g/mol. The number of hydrogen-bond donors (Lipinski definition) is 2. The highest BCUT2D eigenvalue weighted by atomic mass is 32.1. The van der Waals surface area contributed by atoms with Crippen LogP contribution in [0.25, 0.3) is 11.1 Å². The lowest BCUT2D eigenvalue weighted by molar-refractivity contribution is -0.149. The highest BCUT2D eigenvalue weighted by molar-refractivity contribution is 7.09. The number of nitrogens with zero attached hydrogens (tertiary/aromatic N) is 2. The number of carbonyl (C=O) groups excluding carboxylic acids is 3. The SMILES string of the molecule is CNC(=O)[C@@H](Cc1cccs1)N(C)C(=O)[C@@H](Cc1ccc(-c2ccccc2)cc1)N(C)C(=O)COCC1CCCN1. The summed E-state index contributed by atoms with van der Waals surface area (Å²) in [5.41, 5.74) is 3.10. The zero-order valence-corrected chi connectivity index (χ0v) is 24.9. The second-order valence-corrected chi connectivity index (χ2v) is 11.5. The maximum Gasteiger partial charge on any atom is 0.249 e. The lowest BCUT2D eigenvalue weighted by Gasteiger charge is -2.34. The second kappa shape index (κ2) is 14.9. The summed E-state index contributed by atoms with van der Waals surface area (Å²) in [5.74, 6) is -0.817. The van der Waals surface area contributed by atoms with Gasteiger partial charge in [0, 0.05) is 44.9 Å². The van der Waals surface area contributed by atoms with Crippen LogP contribution in [0.5, 0.6) is 0 Å². The van der Waals surface area contributed by atoms with Crippen molar-refractivity contribution in [2.45, 2.75) is 43.8 Å². The first-order valence-electron chi connectivity index (χ1n) is 14.1. The van der Waals surface area contributed by atoms with Crippen LogP contribution in [0.4, 0.5) is 0 Å². The Balaban J connectivity index is 1.53. The minimum absolute atomic E-state index is 0.108. The average Bonchev–Trinajstić information content (AvgIpc) is 3.73. The molecule has 1 aliphatic heterocycles. The Bertz CT molecular complexity index is 1260. The molecule has 0 aliphatic carbocycles. The molecule has 0 spiro atoms. The quantitative estimate of drug-likeness (QED) is 0.326. The summed E-state index contributed by atoms with van der Waals surface area (Å²) in [6.45, 7) is 1.31. The molecule has 41 heavy (non-hydrogen) atoms. The zero-order valence-electron chi connectivity index (χ0n) is 24.0. The molecule has 4 rings (SSSR count). The number of ether oxygens (including phenoxy) is 1. The molecule has 1 unspecified atom stereocenters. The predicted molar refractivity (Wildman–Crippen MR) is 163 cm³/mol. The molecule has 8 nitrogen and oxygen atoms in total. The van der Waals surface area contributed by atoms with Crippen molar-refractivity contribution in [1.29, 1.82) is 0 Å². The van der Waals surface area contributed by atoms with Gasteiger partial charge in [0.1, 0.15) is 18.7 Å². The minimum atomic E-state index is -0.807. The number of nitrogens with one attached hydrogen (secondary N) is 2. The van der Waals surface area contributed by atoms with Gasteiger partial charge in [-0.15, -0.1) is 11.3 Å². The second-order valence-electron chi connectivity index (χ2n) is 10.5. The van der Waals surface area contributed by atoms with Crippen LogP contribution in [0.1, 0.15) is 23.3 Å². The van der Waals surface area contributed by atoms with Gasteiger partial charge in [-0.1, -0.05) is 60.7 Å². The molecule has 2 N–H and O–H groups in total. The molecule has 218 valence electrons. The van der Waals surface area contributed by atoms with E-state index in [9.17, 15) is 14.4 Å². The highest BCUT2D eigenvalue weighted by Gasteiger charge is 2.35. The van der Waals surface area contributed by atoms with Crippen molar-refractivity contribution in [2.75, 3.05) is 40.9 Å². The topological polar surface area (TPSA) is 91.0 Å². The fraction of sp³-hybridized carbons (Fsp3) is 0.406. The maximum absolute atomic E-state index is 14.1. The lowest BCUT2D eigenvalue weighted by Crippen LogP contribution is -2.56. The summed E-state index contributed by atoms with van der Waals surface area (Å²) in [4.78, 5) is 44.2. The Morgan fingerprint density at radius 2 is 1.68 bits per heavy atom. The van der Waals surface area contributed by atoms with E-state index in [-0.39, 0.29) is 30.4 Å². The van der Waals surface area contributed by atoms with Crippen LogP contribution in [0.15, 0.2) is 72.1 Å². The third kappa shape index (κ3) is 8.25. The van der Waals surface area contributed by atoms with Crippen LogP contribution in [0.3, 0.4) is 0 Å².